The van der Waals surface area contributed by atoms with Crippen LogP contribution in [-0.2, 0) is 13.3 Å². The Kier molecular flexibility index (Phi) is 7.34. The quantitative estimate of drug-likeness (QED) is 0.565. The van der Waals surface area contributed by atoms with E-state index in [-0.39, 0.29) is 0 Å². The molecule has 0 aromatic rings. The predicted octanol–water partition coefficient (Wildman–Crippen LogP) is -0.0728. The molecule has 86 valence electrons. The third kappa shape index (κ3) is 3.64. The summed E-state index contributed by atoms with van der Waals surface area (Å²) < 4.78 is 16.0. The monoisotopic (exact) mass is 224 g/mol. The fourth-order valence-electron chi connectivity index (χ4n) is 1.13. The van der Waals surface area contributed by atoms with Gasteiger partial charge in [0.05, 0.1) is 6.61 Å². The summed E-state index contributed by atoms with van der Waals surface area (Å²) in [5, 5.41) is 18.5. The molecule has 0 fully saturated rings. The summed E-state index contributed by atoms with van der Waals surface area (Å²) in [6.07, 6.45) is 0. The van der Waals surface area contributed by atoms with E-state index in [1.54, 1.807) is 20.8 Å². The van der Waals surface area contributed by atoms with E-state index < -0.39 is 21.1 Å². The molecule has 0 spiro atoms. The van der Waals surface area contributed by atoms with E-state index in [1.807, 2.05) is 0 Å². The minimum Gasteiger partial charge on any atom is -0.394 e. The van der Waals surface area contributed by atoms with Gasteiger partial charge in [-0.25, -0.2) is 0 Å². The molecule has 0 aromatic carbocycles. The van der Waals surface area contributed by atoms with Crippen molar-refractivity contribution in [3.05, 3.63) is 0 Å². The van der Waals surface area contributed by atoms with Crippen LogP contribution < -0.4 is 0 Å². The van der Waals surface area contributed by atoms with Gasteiger partial charge < -0.3 is 23.5 Å². The van der Waals surface area contributed by atoms with E-state index in [1.165, 1.54) is 0 Å². The molecule has 0 aromatic heterocycles. The van der Waals surface area contributed by atoms with Crippen LogP contribution in [0.3, 0.4) is 0 Å². The minimum atomic E-state index is -3.09. The van der Waals surface area contributed by atoms with Crippen molar-refractivity contribution in [3.63, 3.8) is 0 Å². The molecule has 0 bridgehead atoms. The third-order valence-electron chi connectivity index (χ3n) is 1.62. The first-order valence-electron chi connectivity index (χ1n) is 4.87. The van der Waals surface area contributed by atoms with Crippen molar-refractivity contribution >= 4 is 8.80 Å². The van der Waals surface area contributed by atoms with Gasteiger partial charge in [-0.3, -0.25) is 0 Å². The number of hydrogen-bond donors (Lipinski definition) is 2. The molecule has 1 unspecified atom stereocenters. The van der Waals surface area contributed by atoms with Crippen molar-refractivity contribution in [1.82, 2.24) is 0 Å². The lowest BCUT2D eigenvalue weighted by Gasteiger charge is -2.31. The summed E-state index contributed by atoms with van der Waals surface area (Å²) in [6.45, 7) is 6.15. The van der Waals surface area contributed by atoms with Crippen LogP contribution in [0.4, 0.5) is 0 Å². The smallest absolute Gasteiger partial charge is 0.394 e. The summed E-state index contributed by atoms with van der Waals surface area (Å²) in [5.41, 5.74) is -1.07. The molecule has 1 atom stereocenters. The number of aliphatic hydroxyl groups is 2. The van der Waals surface area contributed by atoms with E-state index in [0.29, 0.717) is 19.8 Å². The molecule has 2 N–H and O–H groups in total. The van der Waals surface area contributed by atoms with E-state index in [4.69, 9.17) is 18.4 Å². The Balaban J connectivity index is 4.53. The molecule has 0 saturated carbocycles. The van der Waals surface area contributed by atoms with Crippen LogP contribution in [0.5, 0.6) is 0 Å². The van der Waals surface area contributed by atoms with Crippen molar-refractivity contribution < 1.29 is 23.5 Å². The van der Waals surface area contributed by atoms with E-state index >= 15 is 0 Å². The molecule has 0 aliphatic carbocycles. The summed E-state index contributed by atoms with van der Waals surface area (Å²) >= 11 is 0. The average molecular weight is 224 g/mol. The molecule has 0 aliphatic rings. The van der Waals surface area contributed by atoms with Gasteiger partial charge in [-0.2, -0.15) is 0 Å². The Morgan fingerprint density at radius 1 is 1.00 bits per heavy atom. The van der Waals surface area contributed by atoms with Gasteiger partial charge in [0.2, 0.25) is 0 Å². The van der Waals surface area contributed by atoms with Crippen molar-refractivity contribution in [3.8, 4) is 0 Å². The zero-order valence-electron chi connectivity index (χ0n) is 9.02. The van der Waals surface area contributed by atoms with Gasteiger partial charge in [-0.05, 0) is 20.8 Å². The molecule has 0 heterocycles. The standard InChI is InChI=1S/C8H20O5Si/c1-4-11-14(12-5-2,13-6-3)8(10)7-9/h8-10H,4-7H2,1-3H3. The Labute approximate surface area is 86.0 Å². The lowest BCUT2D eigenvalue weighted by atomic mass is 10.8. The normalized spacial score (nSPS) is 14.4. The van der Waals surface area contributed by atoms with E-state index in [9.17, 15) is 5.11 Å². The van der Waals surface area contributed by atoms with Gasteiger partial charge in [0.1, 0.15) is 5.73 Å². The number of hydrogen-bond acceptors (Lipinski definition) is 5. The second kappa shape index (κ2) is 7.33. The topological polar surface area (TPSA) is 68.2 Å². The highest BCUT2D eigenvalue weighted by Crippen LogP contribution is 2.14. The third-order valence-corrected chi connectivity index (χ3v) is 4.69. The largest absolute Gasteiger partial charge is 0.533 e. The van der Waals surface area contributed by atoms with Gasteiger partial charge in [-0.1, -0.05) is 0 Å². The average Bonchev–Trinajstić information content (AvgIpc) is 2.17. The van der Waals surface area contributed by atoms with Gasteiger partial charge in [0.15, 0.2) is 0 Å². The summed E-state index contributed by atoms with van der Waals surface area (Å²) in [6, 6.07) is 0. The Bertz CT molecular complexity index is 127. The molecular weight excluding hydrogens is 204 g/mol. The minimum absolute atomic E-state index is 0.392. The predicted molar refractivity (Wildman–Crippen MR) is 53.7 cm³/mol. The SMILES string of the molecule is CCO[Si](OCC)(OCC)C(O)CO. The maximum Gasteiger partial charge on any atom is 0.533 e. The number of rotatable bonds is 8. The zero-order valence-corrected chi connectivity index (χ0v) is 10.0. The van der Waals surface area contributed by atoms with Crippen molar-refractivity contribution in [1.29, 1.82) is 0 Å². The van der Waals surface area contributed by atoms with Crippen molar-refractivity contribution in [2.24, 2.45) is 0 Å². The molecule has 14 heavy (non-hydrogen) atoms. The first-order valence-corrected chi connectivity index (χ1v) is 6.67. The zero-order chi connectivity index (χ0) is 11.0. The molecule has 5 nitrogen and oxygen atoms in total. The first-order chi connectivity index (χ1) is 6.66. The second-order valence-electron chi connectivity index (χ2n) is 2.60. The highest BCUT2D eigenvalue weighted by molar-refractivity contribution is 6.62. The summed E-state index contributed by atoms with van der Waals surface area (Å²) in [4.78, 5) is 0. The molecule has 0 saturated heterocycles. The Morgan fingerprint density at radius 3 is 1.57 bits per heavy atom. The van der Waals surface area contributed by atoms with Crippen LogP contribution in [0.2, 0.25) is 0 Å². The van der Waals surface area contributed by atoms with Gasteiger partial charge in [0, 0.05) is 19.8 Å². The fourth-order valence-corrected chi connectivity index (χ4v) is 3.39. The second-order valence-corrected chi connectivity index (χ2v) is 5.34. The Hall–Kier alpha value is 0.0169. The molecule has 0 aliphatic heterocycles. The van der Waals surface area contributed by atoms with Crippen LogP contribution in [0.25, 0.3) is 0 Å². The van der Waals surface area contributed by atoms with Gasteiger partial charge in [-0.15, -0.1) is 0 Å². The summed E-state index contributed by atoms with van der Waals surface area (Å²) in [5.74, 6) is 0. The van der Waals surface area contributed by atoms with E-state index in [2.05, 4.69) is 0 Å². The van der Waals surface area contributed by atoms with Crippen molar-refractivity contribution in [2.45, 2.75) is 26.5 Å². The maximum absolute atomic E-state index is 9.60. The first kappa shape index (κ1) is 14.0. The maximum atomic E-state index is 9.60. The highest BCUT2D eigenvalue weighted by Gasteiger charge is 2.48. The van der Waals surface area contributed by atoms with Crippen LogP contribution in [0, 0.1) is 0 Å². The van der Waals surface area contributed by atoms with Gasteiger partial charge in [0.25, 0.3) is 0 Å². The van der Waals surface area contributed by atoms with Crippen LogP contribution in [0.1, 0.15) is 20.8 Å². The summed E-state index contributed by atoms with van der Waals surface area (Å²) in [7, 11) is -3.09. The highest BCUT2D eigenvalue weighted by atomic mass is 28.4. The van der Waals surface area contributed by atoms with E-state index in [0.717, 1.165) is 0 Å². The molecule has 0 amide bonds. The van der Waals surface area contributed by atoms with Crippen LogP contribution in [-0.4, -0.2) is 51.2 Å². The fraction of sp³-hybridized carbons (Fsp3) is 1.00. The molecule has 0 radical (unpaired) electrons. The Morgan fingerprint density at radius 2 is 1.36 bits per heavy atom. The van der Waals surface area contributed by atoms with Gasteiger partial charge >= 0.3 is 8.80 Å². The van der Waals surface area contributed by atoms with Crippen molar-refractivity contribution in [2.75, 3.05) is 26.4 Å². The molecule has 6 heteroatoms. The lowest BCUT2D eigenvalue weighted by Crippen LogP contribution is -2.58. The van der Waals surface area contributed by atoms with Crippen LogP contribution in [0.15, 0.2) is 0 Å². The number of aliphatic hydroxyl groups excluding tert-OH is 2. The molecular formula is C8H20O5Si. The molecule has 0 rings (SSSR count). The van der Waals surface area contributed by atoms with Crippen LogP contribution >= 0.6 is 0 Å². The lowest BCUT2D eigenvalue weighted by molar-refractivity contribution is 0.00510.